The molecule has 0 N–H and O–H groups in total. The van der Waals surface area contributed by atoms with Crippen LogP contribution in [0.15, 0.2) is 66.7 Å². The van der Waals surface area contributed by atoms with Crippen molar-refractivity contribution in [2.24, 2.45) is 0 Å². The van der Waals surface area contributed by atoms with Crippen molar-refractivity contribution in [1.29, 1.82) is 0 Å². The average Bonchev–Trinajstić information content (AvgIpc) is 2.73. The van der Waals surface area contributed by atoms with Gasteiger partial charge in [-0.15, -0.1) is 0 Å². The first-order chi connectivity index (χ1) is 13.3. The Morgan fingerprint density at radius 3 is 2.48 bits per heavy atom. The normalized spacial score (nSPS) is 19.7. The van der Waals surface area contributed by atoms with Crippen LogP contribution in [0.1, 0.15) is 40.0 Å². The molecule has 0 saturated carbocycles. The molecule has 2 bridgehead atoms. The van der Waals surface area contributed by atoms with E-state index in [1.807, 2.05) is 30.3 Å². The first kappa shape index (κ1) is 16.4. The molecule has 0 amide bonds. The van der Waals surface area contributed by atoms with Gasteiger partial charge in [-0.3, -0.25) is 0 Å². The third-order valence-electron chi connectivity index (χ3n) is 5.58. The molecule has 2 heterocycles. The number of methoxy groups -OCH3 is 1. The fraction of sp³-hybridized carbons (Fsp3) is 0.250. The van der Waals surface area contributed by atoms with E-state index in [0.29, 0.717) is 6.61 Å². The number of benzene rings is 3. The summed E-state index contributed by atoms with van der Waals surface area (Å²) in [6.07, 6.45) is 1.78. The van der Waals surface area contributed by atoms with E-state index in [4.69, 9.17) is 14.2 Å². The maximum absolute atomic E-state index is 6.40. The van der Waals surface area contributed by atoms with E-state index in [0.717, 1.165) is 29.9 Å². The van der Waals surface area contributed by atoms with Crippen molar-refractivity contribution in [2.75, 3.05) is 7.11 Å². The van der Waals surface area contributed by atoms with Crippen molar-refractivity contribution in [1.82, 2.24) is 0 Å². The summed E-state index contributed by atoms with van der Waals surface area (Å²) in [4.78, 5) is 0. The predicted octanol–water partition coefficient (Wildman–Crippen LogP) is 5.19. The topological polar surface area (TPSA) is 27.7 Å². The van der Waals surface area contributed by atoms with Crippen LogP contribution in [0.3, 0.4) is 0 Å². The minimum Gasteiger partial charge on any atom is -0.496 e. The number of hydrogen-bond donors (Lipinski definition) is 0. The van der Waals surface area contributed by atoms with E-state index in [9.17, 15) is 0 Å². The maximum atomic E-state index is 6.40. The monoisotopic (exact) mass is 358 g/mol. The summed E-state index contributed by atoms with van der Waals surface area (Å²) in [6, 6.07) is 22.9. The van der Waals surface area contributed by atoms with Crippen LogP contribution in [0.2, 0.25) is 0 Å². The van der Waals surface area contributed by atoms with Crippen LogP contribution < -0.4 is 9.47 Å². The lowest BCUT2D eigenvalue weighted by atomic mass is 9.81. The van der Waals surface area contributed by atoms with Gasteiger partial charge < -0.3 is 14.2 Å². The van der Waals surface area contributed by atoms with Crippen LogP contribution in [0.25, 0.3) is 0 Å². The highest BCUT2D eigenvalue weighted by atomic mass is 16.5. The summed E-state index contributed by atoms with van der Waals surface area (Å²) in [5.74, 6) is 1.83. The van der Waals surface area contributed by atoms with Gasteiger partial charge >= 0.3 is 0 Å². The zero-order chi connectivity index (χ0) is 18.2. The molecule has 27 heavy (non-hydrogen) atoms. The highest BCUT2D eigenvalue weighted by Gasteiger charge is 2.38. The quantitative estimate of drug-likeness (QED) is 0.643. The second-order valence-electron chi connectivity index (χ2n) is 7.15. The van der Waals surface area contributed by atoms with Crippen molar-refractivity contribution in [2.45, 2.75) is 31.7 Å². The standard InChI is InChI=1S/C24H22O3/c1-25-21-12-11-20(26-15-16-7-3-2-4-8-16)19-14-22-18-10-6-5-9-17(18)13-23(27-22)24(19)21/h2-12,22-23H,13-15H2,1H3/t22-,23-/m1/s1. The third-order valence-corrected chi connectivity index (χ3v) is 5.58. The van der Waals surface area contributed by atoms with Crippen molar-refractivity contribution >= 4 is 0 Å². The van der Waals surface area contributed by atoms with Gasteiger partial charge in [0.25, 0.3) is 0 Å². The van der Waals surface area contributed by atoms with E-state index in [1.54, 1.807) is 7.11 Å². The number of ether oxygens (including phenoxy) is 3. The van der Waals surface area contributed by atoms with Crippen molar-refractivity contribution in [3.63, 3.8) is 0 Å². The second-order valence-corrected chi connectivity index (χ2v) is 7.15. The van der Waals surface area contributed by atoms with E-state index >= 15 is 0 Å². The summed E-state index contributed by atoms with van der Waals surface area (Å²) in [6.45, 7) is 0.562. The van der Waals surface area contributed by atoms with Gasteiger partial charge in [-0.05, 0) is 28.8 Å². The fourth-order valence-corrected chi connectivity index (χ4v) is 4.30. The van der Waals surface area contributed by atoms with Gasteiger partial charge in [0.05, 0.1) is 19.3 Å². The molecular weight excluding hydrogens is 336 g/mol. The van der Waals surface area contributed by atoms with Gasteiger partial charge in [0.1, 0.15) is 18.1 Å². The number of rotatable bonds is 4. The molecule has 2 aliphatic rings. The predicted molar refractivity (Wildman–Crippen MR) is 104 cm³/mol. The maximum Gasteiger partial charge on any atom is 0.125 e. The largest absolute Gasteiger partial charge is 0.496 e. The van der Waals surface area contributed by atoms with Crippen molar-refractivity contribution in [3.05, 3.63) is 94.5 Å². The molecular formula is C24H22O3. The molecule has 5 rings (SSSR count). The van der Waals surface area contributed by atoms with E-state index in [2.05, 4.69) is 36.4 Å². The zero-order valence-corrected chi connectivity index (χ0v) is 15.4. The van der Waals surface area contributed by atoms with Gasteiger partial charge in [0.2, 0.25) is 0 Å². The number of fused-ring (bicyclic) bond motifs is 6. The van der Waals surface area contributed by atoms with Crippen LogP contribution in [0.5, 0.6) is 11.5 Å². The SMILES string of the molecule is COc1ccc(OCc2ccccc2)c2c1[C@H]1Cc3ccccc3[C@@H](C2)O1. The Balaban J connectivity index is 1.52. The summed E-state index contributed by atoms with van der Waals surface area (Å²) >= 11 is 0. The first-order valence-electron chi connectivity index (χ1n) is 9.43. The van der Waals surface area contributed by atoms with Gasteiger partial charge in [0, 0.05) is 24.0 Å². The Labute approximate surface area is 159 Å². The molecule has 0 unspecified atom stereocenters. The Bertz CT molecular complexity index is 965. The molecule has 0 aliphatic carbocycles. The molecule has 0 fully saturated rings. The second kappa shape index (κ2) is 6.75. The molecule has 2 aliphatic heterocycles. The third kappa shape index (κ3) is 2.88. The van der Waals surface area contributed by atoms with Gasteiger partial charge in [-0.25, -0.2) is 0 Å². The molecule has 0 radical (unpaired) electrons. The van der Waals surface area contributed by atoms with Crippen LogP contribution in [0, 0.1) is 0 Å². The van der Waals surface area contributed by atoms with E-state index in [1.165, 1.54) is 22.3 Å². The van der Waals surface area contributed by atoms with Gasteiger partial charge in [0.15, 0.2) is 0 Å². The van der Waals surface area contributed by atoms with E-state index in [-0.39, 0.29) is 12.2 Å². The Morgan fingerprint density at radius 2 is 1.63 bits per heavy atom. The lowest BCUT2D eigenvalue weighted by Crippen LogP contribution is -2.28. The van der Waals surface area contributed by atoms with Crippen LogP contribution >= 0.6 is 0 Å². The molecule has 2 atom stereocenters. The first-order valence-corrected chi connectivity index (χ1v) is 9.43. The minimum atomic E-state index is 0.0175. The summed E-state index contributed by atoms with van der Waals surface area (Å²) < 4.78 is 18.3. The van der Waals surface area contributed by atoms with Gasteiger partial charge in [-0.2, -0.15) is 0 Å². The Kier molecular flexibility index (Phi) is 4.10. The molecule has 0 saturated heterocycles. The smallest absolute Gasteiger partial charge is 0.125 e. The van der Waals surface area contributed by atoms with Crippen LogP contribution in [-0.4, -0.2) is 7.11 Å². The average molecular weight is 358 g/mol. The Morgan fingerprint density at radius 1 is 0.852 bits per heavy atom. The molecule has 3 nitrogen and oxygen atoms in total. The lowest BCUT2D eigenvalue weighted by molar-refractivity contribution is -0.0410. The van der Waals surface area contributed by atoms with Crippen LogP contribution in [-0.2, 0) is 24.2 Å². The highest BCUT2D eigenvalue weighted by molar-refractivity contribution is 5.54. The summed E-state index contributed by atoms with van der Waals surface area (Å²) in [5, 5.41) is 0. The number of hydrogen-bond acceptors (Lipinski definition) is 3. The molecule has 3 aromatic carbocycles. The molecule has 0 spiro atoms. The van der Waals surface area contributed by atoms with Crippen molar-refractivity contribution in [3.8, 4) is 11.5 Å². The van der Waals surface area contributed by atoms with Gasteiger partial charge in [-0.1, -0.05) is 54.6 Å². The fourth-order valence-electron chi connectivity index (χ4n) is 4.30. The van der Waals surface area contributed by atoms with Crippen molar-refractivity contribution < 1.29 is 14.2 Å². The summed E-state index contributed by atoms with van der Waals surface area (Å²) in [5.41, 5.74) is 6.22. The highest BCUT2D eigenvalue weighted by Crippen LogP contribution is 2.50. The lowest BCUT2D eigenvalue weighted by Gasteiger charge is -2.39. The molecule has 3 aromatic rings. The Hall–Kier alpha value is -2.78. The minimum absolute atomic E-state index is 0.0175. The summed E-state index contributed by atoms with van der Waals surface area (Å²) in [7, 11) is 1.73. The molecule has 136 valence electrons. The molecule has 0 aromatic heterocycles. The van der Waals surface area contributed by atoms with E-state index < -0.39 is 0 Å². The molecule has 3 heteroatoms. The van der Waals surface area contributed by atoms with Crippen LogP contribution in [0.4, 0.5) is 0 Å². The zero-order valence-electron chi connectivity index (χ0n) is 15.4.